The van der Waals surface area contributed by atoms with E-state index in [4.69, 9.17) is 9.47 Å². The number of hydrogen-bond donors (Lipinski definition) is 7. The van der Waals surface area contributed by atoms with E-state index in [0.717, 1.165) is 22.0 Å². The van der Waals surface area contributed by atoms with Crippen LogP contribution in [-0.2, 0) is 16.0 Å². The van der Waals surface area contributed by atoms with Crippen molar-refractivity contribution in [2.45, 2.75) is 37.1 Å². The van der Waals surface area contributed by atoms with Crippen molar-refractivity contribution in [3.8, 4) is 11.5 Å². The van der Waals surface area contributed by atoms with Gasteiger partial charge < -0.3 is 45.3 Å². The zero-order valence-corrected chi connectivity index (χ0v) is 18.7. The van der Waals surface area contributed by atoms with E-state index in [9.17, 15) is 30.3 Å². The Morgan fingerprint density at radius 2 is 1.86 bits per heavy atom. The molecule has 35 heavy (non-hydrogen) atoms. The number of rotatable bonds is 8. The Balaban J connectivity index is 1.36. The van der Waals surface area contributed by atoms with Gasteiger partial charge in [0.05, 0.1) is 6.61 Å². The van der Waals surface area contributed by atoms with Crippen molar-refractivity contribution in [2.75, 3.05) is 13.2 Å². The molecule has 1 aliphatic rings. The van der Waals surface area contributed by atoms with Crippen LogP contribution in [0.2, 0.25) is 0 Å². The van der Waals surface area contributed by atoms with Crippen LogP contribution in [0.3, 0.4) is 0 Å². The zero-order valence-electron chi connectivity index (χ0n) is 18.7. The molecule has 0 bridgehead atoms. The van der Waals surface area contributed by atoms with Crippen LogP contribution in [0.4, 0.5) is 0 Å². The first-order valence-electron chi connectivity index (χ1n) is 11.2. The number of nitrogens with one attached hydrogen (secondary N) is 2. The fraction of sp³-hybridized carbons (Fsp3) is 0.320. The van der Waals surface area contributed by atoms with Gasteiger partial charge in [0.15, 0.2) is 0 Å². The van der Waals surface area contributed by atoms with Crippen molar-refractivity contribution in [2.24, 2.45) is 0 Å². The maximum atomic E-state index is 12.1. The van der Waals surface area contributed by atoms with Crippen LogP contribution >= 0.6 is 0 Å². The molecule has 3 aromatic rings. The number of H-pyrrole nitrogens is 1. The van der Waals surface area contributed by atoms with E-state index in [1.165, 1.54) is 6.08 Å². The van der Waals surface area contributed by atoms with Crippen molar-refractivity contribution in [3.63, 3.8) is 0 Å². The predicted octanol–water partition coefficient (Wildman–Crippen LogP) is 0.424. The van der Waals surface area contributed by atoms with Crippen LogP contribution in [0, 0.1) is 0 Å². The number of aromatic hydroxyl groups is 1. The Bertz CT molecular complexity index is 1170. The average molecular weight is 485 g/mol. The molecular weight excluding hydrogens is 456 g/mol. The second kappa shape index (κ2) is 10.9. The fourth-order valence-electron chi connectivity index (χ4n) is 3.87. The Hall–Kier alpha value is -3.41. The summed E-state index contributed by atoms with van der Waals surface area (Å²) in [6, 6.07) is 11.7. The summed E-state index contributed by atoms with van der Waals surface area (Å²) in [5.41, 5.74) is 2.57. The minimum Gasteiger partial charge on any atom is -0.508 e. The topological polar surface area (TPSA) is 164 Å². The van der Waals surface area contributed by atoms with Gasteiger partial charge in [0.2, 0.25) is 12.2 Å². The molecular formula is C25H28N2O8. The summed E-state index contributed by atoms with van der Waals surface area (Å²) in [5, 5.41) is 52.4. The molecule has 1 amide bonds. The smallest absolute Gasteiger partial charge is 0.244 e. The number of benzene rings is 2. The molecule has 0 spiro atoms. The van der Waals surface area contributed by atoms with Crippen LogP contribution in [0.25, 0.3) is 17.0 Å². The summed E-state index contributed by atoms with van der Waals surface area (Å²) in [7, 11) is 0. The second-order valence-electron chi connectivity index (χ2n) is 8.30. The molecule has 7 N–H and O–H groups in total. The van der Waals surface area contributed by atoms with Crippen molar-refractivity contribution in [3.05, 3.63) is 65.9 Å². The number of phenols is 1. The fourth-order valence-corrected chi connectivity index (χ4v) is 3.87. The third-order valence-electron chi connectivity index (χ3n) is 5.85. The van der Waals surface area contributed by atoms with Gasteiger partial charge in [0.1, 0.15) is 35.9 Å². The summed E-state index contributed by atoms with van der Waals surface area (Å²) < 4.78 is 11.1. The highest BCUT2D eigenvalue weighted by Gasteiger charge is 2.44. The number of ether oxygens (including phenoxy) is 2. The Labute approximate surface area is 201 Å². The lowest BCUT2D eigenvalue weighted by Crippen LogP contribution is -2.60. The quantitative estimate of drug-likeness (QED) is 0.226. The highest BCUT2D eigenvalue weighted by Crippen LogP contribution is 2.28. The van der Waals surface area contributed by atoms with E-state index in [2.05, 4.69) is 10.3 Å². The van der Waals surface area contributed by atoms with E-state index in [0.29, 0.717) is 18.7 Å². The van der Waals surface area contributed by atoms with E-state index in [-0.39, 0.29) is 11.7 Å². The van der Waals surface area contributed by atoms with E-state index >= 15 is 0 Å². The standard InChI is InChI=1S/C25H28N2O8/c28-13-20-22(31)23(32)24(33)25(35-20)34-17-6-7-19-18(11-17)15(12-27-19)9-10-26-21(30)8-3-14-1-4-16(29)5-2-14/h1-8,11-12,20,22-25,27-29,31-33H,9-10,13H2,(H,26,30). The molecule has 0 saturated carbocycles. The van der Waals surface area contributed by atoms with Crippen LogP contribution in [0.15, 0.2) is 54.7 Å². The van der Waals surface area contributed by atoms with Gasteiger partial charge in [0, 0.05) is 29.7 Å². The minimum atomic E-state index is -1.52. The first-order valence-corrected chi connectivity index (χ1v) is 11.2. The van der Waals surface area contributed by atoms with Crippen LogP contribution in [0.5, 0.6) is 11.5 Å². The number of amides is 1. The van der Waals surface area contributed by atoms with Gasteiger partial charge in [-0.05, 0) is 54.0 Å². The Morgan fingerprint density at radius 3 is 2.60 bits per heavy atom. The van der Waals surface area contributed by atoms with Gasteiger partial charge in [-0.1, -0.05) is 12.1 Å². The lowest BCUT2D eigenvalue weighted by molar-refractivity contribution is -0.277. The van der Waals surface area contributed by atoms with Crippen molar-refractivity contribution in [1.82, 2.24) is 10.3 Å². The van der Waals surface area contributed by atoms with Crippen molar-refractivity contribution in [1.29, 1.82) is 0 Å². The third-order valence-corrected chi connectivity index (χ3v) is 5.85. The molecule has 5 unspecified atom stereocenters. The zero-order chi connectivity index (χ0) is 24.9. The summed E-state index contributed by atoms with van der Waals surface area (Å²) >= 11 is 0. The van der Waals surface area contributed by atoms with Gasteiger partial charge in [0.25, 0.3) is 0 Å². The lowest BCUT2D eigenvalue weighted by Gasteiger charge is -2.39. The number of carbonyl (C=O) groups is 1. The SMILES string of the molecule is O=C(C=Cc1ccc(O)cc1)NCCc1c[nH]c2ccc(OC3OC(CO)C(O)C(O)C3O)cc12. The summed E-state index contributed by atoms with van der Waals surface area (Å²) in [5.74, 6) is 0.278. The molecule has 1 aliphatic heterocycles. The van der Waals surface area contributed by atoms with E-state index in [1.54, 1.807) is 48.5 Å². The normalized spacial score (nSPS) is 24.6. The highest BCUT2D eigenvalue weighted by molar-refractivity contribution is 5.91. The monoisotopic (exact) mass is 484 g/mol. The molecule has 0 radical (unpaired) electrons. The molecule has 2 heterocycles. The van der Waals surface area contributed by atoms with E-state index in [1.807, 2.05) is 6.20 Å². The molecule has 0 aliphatic carbocycles. The molecule has 186 valence electrons. The van der Waals surface area contributed by atoms with Gasteiger partial charge in [-0.25, -0.2) is 0 Å². The van der Waals surface area contributed by atoms with Crippen LogP contribution < -0.4 is 10.1 Å². The van der Waals surface area contributed by atoms with Gasteiger partial charge >= 0.3 is 0 Å². The summed E-state index contributed by atoms with van der Waals surface area (Å²) in [6.45, 7) is -0.148. The Kier molecular flexibility index (Phi) is 7.69. The molecule has 1 fully saturated rings. The maximum Gasteiger partial charge on any atom is 0.244 e. The number of aromatic amines is 1. The molecule has 4 rings (SSSR count). The molecule has 5 atom stereocenters. The number of phenolic OH excluding ortho intramolecular Hbond substituents is 1. The third kappa shape index (κ3) is 5.81. The highest BCUT2D eigenvalue weighted by atomic mass is 16.7. The molecule has 1 saturated heterocycles. The first-order chi connectivity index (χ1) is 16.9. The minimum absolute atomic E-state index is 0.159. The number of fused-ring (bicyclic) bond motifs is 1. The number of aromatic nitrogens is 1. The molecule has 1 aromatic heterocycles. The second-order valence-corrected chi connectivity index (χ2v) is 8.30. The van der Waals surface area contributed by atoms with Crippen molar-refractivity contribution >= 4 is 22.9 Å². The molecule has 2 aromatic carbocycles. The van der Waals surface area contributed by atoms with Gasteiger partial charge in [-0.15, -0.1) is 0 Å². The average Bonchev–Trinajstić information content (AvgIpc) is 3.26. The van der Waals surface area contributed by atoms with Crippen LogP contribution in [-0.4, -0.2) is 80.3 Å². The molecule has 10 nitrogen and oxygen atoms in total. The maximum absolute atomic E-state index is 12.1. The first kappa shape index (κ1) is 24.7. The van der Waals surface area contributed by atoms with E-state index < -0.39 is 37.3 Å². The van der Waals surface area contributed by atoms with Crippen LogP contribution in [0.1, 0.15) is 11.1 Å². The number of aliphatic hydroxyl groups is 4. The number of hydrogen-bond acceptors (Lipinski definition) is 8. The van der Waals surface area contributed by atoms with Gasteiger partial charge in [-0.3, -0.25) is 4.79 Å². The largest absolute Gasteiger partial charge is 0.508 e. The predicted molar refractivity (Wildman–Crippen MR) is 127 cm³/mol. The number of carbonyl (C=O) groups excluding carboxylic acids is 1. The lowest BCUT2D eigenvalue weighted by atomic mass is 9.99. The number of aliphatic hydroxyl groups excluding tert-OH is 4. The molecule has 10 heteroatoms. The Morgan fingerprint density at radius 1 is 1.09 bits per heavy atom. The van der Waals surface area contributed by atoms with Crippen molar-refractivity contribution < 1.29 is 39.8 Å². The summed E-state index contributed by atoms with van der Waals surface area (Å²) in [6.07, 6.45) is -1.36. The summed E-state index contributed by atoms with van der Waals surface area (Å²) in [4.78, 5) is 15.3. The van der Waals surface area contributed by atoms with Gasteiger partial charge in [-0.2, -0.15) is 0 Å².